The summed E-state index contributed by atoms with van der Waals surface area (Å²) in [7, 11) is 0. The highest BCUT2D eigenvalue weighted by atomic mass is 16.3. The molecule has 0 unspecified atom stereocenters. The van der Waals surface area contributed by atoms with Crippen molar-refractivity contribution >= 4 is 54.4 Å². The lowest BCUT2D eigenvalue weighted by atomic mass is 9.96. The normalized spacial score (nSPS) is 11.7. The van der Waals surface area contributed by atoms with E-state index in [2.05, 4.69) is 127 Å². The molecule has 0 fully saturated rings. The van der Waals surface area contributed by atoms with Crippen LogP contribution >= 0.6 is 0 Å². The largest absolute Gasteiger partial charge is 0.455 e. The molecule has 3 nitrogen and oxygen atoms in total. The topological polar surface area (TPSA) is 38.9 Å². The minimum absolute atomic E-state index is 0.720. The van der Waals surface area contributed by atoms with Crippen molar-refractivity contribution in [3.63, 3.8) is 0 Å². The van der Waals surface area contributed by atoms with E-state index < -0.39 is 0 Å². The molecule has 9 aromatic rings. The second-order valence-electron chi connectivity index (χ2n) is 11.0. The Morgan fingerprint density at radius 3 is 1.77 bits per heavy atom. The van der Waals surface area contributed by atoms with Gasteiger partial charge < -0.3 is 4.42 Å². The van der Waals surface area contributed by atoms with Crippen LogP contribution in [0.2, 0.25) is 0 Å². The summed E-state index contributed by atoms with van der Waals surface area (Å²) >= 11 is 0. The van der Waals surface area contributed by atoms with E-state index in [0.29, 0.717) is 0 Å². The van der Waals surface area contributed by atoms with Gasteiger partial charge in [0.1, 0.15) is 11.2 Å². The average Bonchev–Trinajstić information content (AvgIpc) is 3.47. The third kappa shape index (κ3) is 3.75. The first kappa shape index (κ1) is 23.9. The molecule has 9 rings (SSSR count). The molecule has 3 heteroatoms. The molecule has 0 radical (unpaired) electrons. The minimum atomic E-state index is 0.720. The van der Waals surface area contributed by atoms with Crippen LogP contribution in [0, 0.1) is 0 Å². The zero-order valence-corrected chi connectivity index (χ0v) is 23.2. The molecule has 0 aliphatic rings. The highest BCUT2D eigenvalue weighted by Crippen LogP contribution is 2.38. The van der Waals surface area contributed by atoms with Crippen LogP contribution in [0.15, 0.2) is 150 Å². The fourth-order valence-corrected chi connectivity index (χ4v) is 6.48. The predicted molar refractivity (Wildman–Crippen MR) is 178 cm³/mol. The summed E-state index contributed by atoms with van der Waals surface area (Å²) in [4.78, 5) is 10.0. The van der Waals surface area contributed by atoms with Crippen LogP contribution in [0.1, 0.15) is 0 Å². The summed E-state index contributed by atoms with van der Waals surface area (Å²) in [6.07, 6.45) is 1.98. The number of rotatable bonds is 3. The Morgan fingerprint density at radius 2 is 0.977 bits per heavy atom. The van der Waals surface area contributed by atoms with Crippen molar-refractivity contribution in [2.75, 3.05) is 0 Å². The van der Waals surface area contributed by atoms with E-state index in [-0.39, 0.29) is 0 Å². The van der Waals surface area contributed by atoms with Gasteiger partial charge >= 0.3 is 0 Å². The number of benzene rings is 7. The van der Waals surface area contributed by atoms with Crippen LogP contribution in [0.5, 0.6) is 0 Å². The Hall–Kier alpha value is -5.80. The minimum Gasteiger partial charge on any atom is -0.455 e. The highest BCUT2D eigenvalue weighted by molar-refractivity contribution is 6.24. The van der Waals surface area contributed by atoms with Crippen LogP contribution in [0.4, 0.5) is 0 Å². The van der Waals surface area contributed by atoms with E-state index in [0.717, 1.165) is 71.9 Å². The number of nitrogens with zero attached hydrogens (tertiary/aromatic N) is 2. The molecule has 7 aromatic carbocycles. The zero-order chi connectivity index (χ0) is 28.3. The van der Waals surface area contributed by atoms with Gasteiger partial charge in [-0.05, 0) is 51.0 Å². The molecule has 0 aliphatic heterocycles. The van der Waals surface area contributed by atoms with Gasteiger partial charge in [-0.2, -0.15) is 0 Å². The Labute approximate surface area is 247 Å². The first-order valence-electron chi connectivity index (χ1n) is 14.5. The molecule has 2 heterocycles. The van der Waals surface area contributed by atoms with E-state index in [4.69, 9.17) is 14.4 Å². The quantitative estimate of drug-likeness (QED) is 0.206. The molecule has 2 aromatic heterocycles. The number of hydrogen-bond acceptors (Lipinski definition) is 3. The predicted octanol–water partition coefficient (Wildman–Crippen LogP) is 10.8. The second kappa shape index (κ2) is 9.37. The SMILES string of the molecule is c1cc(-c2cccc(-c3cccc4c3oc3ccccc34)c2)cc(-c2ncc3c4ccccc4c4ccccc4c3n2)c1. The molecular weight excluding hydrogens is 524 g/mol. The molecule has 0 bridgehead atoms. The van der Waals surface area contributed by atoms with Crippen LogP contribution in [0.3, 0.4) is 0 Å². The van der Waals surface area contributed by atoms with Crippen LogP contribution in [-0.4, -0.2) is 9.97 Å². The zero-order valence-electron chi connectivity index (χ0n) is 23.2. The van der Waals surface area contributed by atoms with Gasteiger partial charge in [0.15, 0.2) is 5.82 Å². The van der Waals surface area contributed by atoms with Gasteiger partial charge in [-0.3, -0.25) is 0 Å². The standard InChI is InChI=1S/C40H24N2O/c1-2-16-32-30(14-1)31-15-3-4-18-34(31)38-36(32)24-41-40(42-38)28-13-8-11-26(23-28)25-10-7-12-27(22-25)29-19-9-20-35-33-17-5-6-21-37(33)43-39(29)35/h1-24H. The van der Waals surface area contributed by atoms with E-state index in [1.807, 2.05) is 18.3 Å². The summed E-state index contributed by atoms with van der Waals surface area (Å²) in [6, 6.07) is 48.8. The van der Waals surface area contributed by atoms with Crippen LogP contribution in [-0.2, 0) is 0 Å². The van der Waals surface area contributed by atoms with Crippen molar-refractivity contribution in [3.8, 4) is 33.6 Å². The number of fused-ring (bicyclic) bond motifs is 9. The molecule has 0 aliphatic carbocycles. The molecule has 0 atom stereocenters. The molecule has 0 N–H and O–H groups in total. The number of para-hydroxylation sites is 2. The van der Waals surface area contributed by atoms with Gasteiger partial charge in [-0.15, -0.1) is 0 Å². The fourth-order valence-electron chi connectivity index (χ4n) is 6.48. The molecule has 200 valence electrons. The highest BCUT2D eigenvalue weighted by Gasteiger charge is 2.14. The van der Waals surface area contributed by atoms with Gasteiger partial charge in [0.05, 0.1) is 5.52 Å². The van der Waals surface area contributed by atoms with Crippen molar-refractivity contribution in [3.05, 3.63) is 146 Å². The van der Waals surface area contributed by atoms with Gasteiger partial charge in [0.2, 0.25) is 0 Å². The summed E-state index contributed by atoms with van der Waals surface area (Å²) in [5.74, 6) is 0.720. The summed E-state index contributed by atoms with van der Waals surface area (Å²) in [5.41, 5.74) is 8.24. The van der Waals surface area contributed by atoms with Crippen molar-refractivity contribution in [1.29, 1.82) is 0 Å². The Bertz CT molecular complexity index is 2490. The Kier molecular flexibility index (Phi) is 5.20. The van der Waals surface area contributed by atoms with E-state index in [1.54, 1.807) is 0 Å². The number of aromatic nitrogens is 2. The molecule has 0 spiro atoms. The number of furan rings is 1. The van der Waals surface area contributed by atoms with Crippen LogP contribution < -0.4 is 0 Å². The molecule has 0 amide bonds. The first-order valence-corrected chi connectivity index (χ1v) is 14.5. The van der Waals surface area contributed by atoms with Gasteiger partial charge in [-0.1, -0.05) is 121 Å². The third-order valence-electron chi connectivity index (χ3n) is 8.51. The van der Waals surface area contributed by atoms with Gasteiger partial charge in [0.25, 0.3) is 0 Å². The maximum absolute atomic E-state index is 6.34. The lowest BCUT2D eigenvalue weighted by Crippen LogP contribution is -1.93. The van der Waals surface area contributed by atoms with Crippen molar-refractivity contribution < 1.29 is 4.42 Å². The van der Waals surface area contributed by atoms with Crippen molar-refractivity contribution in [1.82, 2.24) is 9.97 Å². The molecule has 0 saturated heterocycles. The third-order valence-corrected chi connectivity index (χ3v) is 8.51. The van der Waals surface area contributed by atoms with Gasteiger partial charge in [0, 0.05) is 38.9 Å². The Morgan fingerprint density at radius 1 is 0.419 bits per heavy atom. The summed E-state index contributed by atoms with van der Waals surface area (Å²) in [6.45, 7) is 0. The molecule has 43 heavy (non-hydrogen) atoms. The summed E-state index contributed by atoms with van der Waals surface area (Å²) < 4.78 is 6.34. The smallest absolute Gasteiger partial charge is 0.159 e. The summed E-state index contributed by atoms with van der Waals surface area (Å²) in [5, 5.41) is 8.09. The maximum atomic E-state index is 6.34. The van der Waals surface area contributed by atoms with E-state index in [1.165, 1.54) is 16.2 Å². The van der Waals surface area contributed by atoms with Crippen molar-refractivity contribution in [2.24, 2.45) is 0 Å². The van der Waals surface area contributed by atoms with Crippen molar-refractivity contribution in [2.45, 2.75) is 0 Å². The lowest BCUT2D eigenvalue weighted by Gasteiger charge is -2.11. The monoisotopic (exact) mass is 548 g/mol. The maximum Gasteiger partial charge on any atom is 0.159 e. The molecular formula is C40H24N2O. The van der Waals surface area contributed by atoms with Gasteiger partial charge in [-0.25, -0.2) is 9.97 Å². The second-order valence-corrected chi connectivity index (χ2v) is 11.0. The van der Waals surface area contributed by atoms with E-state index >= 15 is 0 Å². The lowest BCUT2D eigenvalue weighted by molar-refractivity contribution is 0.670. The molecule has 0 saturated carbocycles. The van der Waals surface area contributed by atoms with Crippen LogP contribution in [0.25, 0.3) is 88.0 Å². The average molecular weight is 549 g/mol. The number of hydrogen-bond donors (Lipinski definition) is 0. The Balaban J connectivity index is 1.17. The first-order chi connectivity index (χ1) is 21.3. The fraction of sp³-hybridized carbons (Fsp3) is 0. The van der Waals surface area contributed by atoms with E-state index in [9.17, 15) is 0 Å².